The van der Waals surface area contributed by atoms with Crippen molar-refractivity contribution in [2.24, 2.45) is 11.7 Å². The molecule has 0 bridgehead atoms. The Kier molecular flexibility index (Phi) is 4.12. The van der Waals surface area contributed by atoms with Crippen molar-refractivity contribution in [1.29, 1.82) is 0 Å². The molecule has 0 saturated carbocycles. The number of nitrogens with one attached hydrogen (secondary N) is 1. The lowest BCUT2D eigenvalue weighted by atomic mass is 10.0. The minimum absolute atomic E-state index is 0.0578. The van der Waals surface area contributed by atoms with E-state index in [1.807, 2.05) is 38.1 Å². The molecular formula is C15H19N3O. The Balaban J connectivity index is 2.15. The summed E-state index contributed by atoms with van der Waals surface area (Å²) in [6.07, 6.45) is 3.82. The van der Waals surface area contributed by atoms with Crippen LogP contribution in [-0.2, 0) is 4.79 Å². The monoisotopic (exact) mass is 257 g/mol. The average Bonchev–Trinajstić information content (AvgIpc) is 2.39. The third-order valence-electron chi connectivity index (χ3n) is 3.24. The van der Waals surface area contributed by atoms with E-state index >= 15 is 0 Å². The van der Waals surface area contributed by atoms with Gasteiger partial charge in [-0.3, -0.25) is 9.78 Å². The number of carbonyl (C=O) groups excluding carboxylic acids is 1. The van der Waals surface area contributed by atoms with Gasteiger partial charge in [-0.25, -0.2) is 0 Å². The summed E-state index contributed by atoms with van der Waals surface area (Å²) in [6, 6.07) is 7.59. The van der Waals surface area contributed by atoms with Gasteiger partial charge in [-0.2, -0.15) is 0 Å². The Morgan fingerprint density at radius 1 is 1.37 bits per heavy atom. The molecule has 0 aliphatic heterocycles. The smallest absolute Gasteiger partial charge is 0.225 e. The third kappa shape index (κ3) is 3.29. The maximum Gasteiger partial charge on any atom is 0.225 e. The average molecular weight is 257 g/mol. The van der Waals surface area contributed by atoms with E-state index in [2.05, 4.69) is 10.3 Å². The number of amides is 1. The Bertz CT molecular complexity index is 575. The molecule has 0 aliphatic rings. The van der Waals surface area contributed by atoms with Crippen molar-refractivity contribution in [3.63, 3.8) is 0 Å². The minimum Gasteiger partial charge on any atom is -0.327 e. The predicted molar refractivity (Wildman–Crippen MR) is 77.8 cm³/mol. The summed E-state index contributed by atoms with van der Waals surface area (Å²) in [5, 5.41) is 4.91. The van der Waals surface area contributed by atoms with Crippen LogP contribution in [0.5, 0.6) is 0 Å². The first-order valence-corrected chi connectivity index (χ1v) is 6.46. The maximum atomic E-state index is 12.0. The number of fused-ring (bicyclic) bond motifs is 1. The zero-order valence-electron chi connectivity index (χ0n) is 11.3. The molecule has 1 amide bonds. The number of hydrogen-bond donors (Lipinski definition) is 2. The number of anilines is 1. The van der Waals surface area contributed by atoms with Gasteiger partial charge in [-0.15, -0.1) is 0 Å². The number of pyridine rings is 1. The SMILES string of the molecule is CC(C)C(N)CC(=O)Nc1cccc2ccncc12. The van der Waals surface area contributed by atoms with Gasteiger partial charge < -0.3 is 11.1 Å². The van der Waals surface area contributed by atoms with Gasteiger partial charge in [0.1, 0.15) is 0 Å². The zero-order chi connectivity index (χ0) is 13.8. The highest BCUT2D eigenvalue weighted by molar-refractivity contribution is 6.01. The zero-order valence-corrected chi connectivity index (χ0v) is 11.3. The lowest BCUT2D eigenvalue weighted by Crippen LogP contribution is -2.31. The molecule has 3 N–H and O–H groups in total. The molecule has 2 aromatic rings. The van der Waals surface area contributed by atoms with E-state index in [9.17, 15) is 4.79 Å². The van der Waals surface area contributed by atoms with E-state index in [1.54, 1.807) is 12.4 Å². The van der Waals surface area contributed by atoms with Crippen LogP contribution in [0, 0.1) is 5.92 Å². The maximum absolute atomic E-state index is 12.0. The van der Waals surface area contributed by atoms with Gasteiger partial charge in [0, 0.05) is 30.2 Å². The normalized spacial score (nSPS) is 12.6. The fourth-order valence-electron chi connectivity index (χ4n) is 1.87. The van der Waals surface area contributed by atoms with E-state index in [4.69, 9.17) is 5.73 Å². The van der Waals surface area contributed by atoms with Gasteiger partial charge in [0.25, 0.3) is 0 Å². The van der Waals surface area contributed by atoms with Crippen LogP contribution in [0.3, 0.4) is 0 Å². The van der Waals surface area contributed by atoms with Crippen molar-refractivity contribution in [3.8, 4) is 0 Å². The van der Waals surface area contributed by atoms with E-state index in [-0.39, 0.29) is 11.9 Å². The van der Waals surface area contributed by atoms with Crippen LogP contribution in [0.15, 0.2) is 36.7 Å². The Morgan fingerprint density at radius 3 is 2.89 bits per heavy atom. The summed E-state index contributed by atoms with van der Waals surface area (Å²) in [6.45, 7) is 4.03. The molecule has 1 aromatic carbocycles. The quantitative estimate of drug-likeness (QED) is 0.884. The van der Waals surface area contributed by atoms with Crippen LogP contribution in [0.1, 0.15) is 20.3 Å². The van der Waals surface area contributed by atoms with Gasteiger partial charge >= 0.3 is 0 Å². The van der Waals surface area contributed by atoms with Gasteiger partial charge in [0.15, 0.2) is 0 Å². The van der Waals surface area contributed by atoms with E-state index in [0.717, 1.165) is 16.5 Å². The molecule has 2 rings (SSSR count). The molecule has 1 heterocycles. The topological polar surface area (TPSA) is 68.0 Å². The molecule has 1 unspecified atom stereocenters. The van der Waals surface area contributed by atoms with Crippen LogP contribution in [0.25, 0.3) is 10.8 Å². The first kappa shape index (κ1) is 13.5. The fraction of sp³-hybridized carbons (Fsp3) is 0.333. The summed E-state index contributed by atoms with van der Waals surface area (Å²) in [5.74, 6) is 0.234. The summed E-state index contributed by atoms with van der Waals surface area (Å²) >= 11 is 0. The van der Waals surface area contributed by atoms with Crippen LogP contribution in [0.2, 0.25) is 0 Å². The highest BCUT2D eigenvalue weighted by Gasteiger charge is 2.13. The standard InChI is InChI=1S/C15H19N3O/c1-10(2)13(16)8-15(19)18-14-5-3-4-11-6-7-17-9-12(11)14/h3-7,9-10,13H,8,16H2,1-2H3,(H,18,19). The van der Waals surface area contributed by atoms with E-state index in [1.165, 1.54) is 0 Å². The molecule has 4 nitrogen and oxygen atoms in total. The highest BCUT2D eigenvalue weighted by atomic mass is 16.1. The summed E-state index contributed by atoms with van der Waals surface area (Å²) in [4.78, 5) is 16.1. The largest absolute Gasteiger partial charge is 0.327 e. The van der Waals surface area contributed by atoms with Crippen LogP contribution >= 0.6 is 0 Å². The number of hydrogen-bond acceptors (Lipinski definition) is 3. The number of nitrogens with zero attached hydrogens (tertiary/aromatic N) is 1. The Labute approximate surface area is 113 Å². The first-order valence-electron chi connectivity index (χ1n) is 6.46. The van der Waals surface area contributed by atoms with Crippen molar-refractivity contribution in [2.75, 3.05) is 5.32 Å². The van der Waals surface area contributed by atoms with Crippen LogP contribution in [0.4, 0.5) is 5.69 Å². The lowest BCUT2D eigenvalue weighted by Gasteiger charge is -2.15. The number of rotatable bonds is 4. The fourth-order valence-corrected chi connectivity index (χ4v) is 1.87. The van der Waals surface area contributed by atoms with Gasteiger partial charge in [-0.05, 0) is 23.4 Å². The van der Waals surface area contributed by atoms with Crippen molar-refractivity contribution in [2.45, 2.75) is 26.3 Å². The molecule has 0 radical (unpaired) electrons. The van der Waals surface area contributed by atoms with Gasteiger partial charge in [0.05, 0.1) is 5.69 Å². The second kappa shape index (κ2) is 5.80. The van der Waals surface area contributed by atoms with Gasteiger partial charge in [-0.1, -0.05) is 26.0 Å². The molecule has 100 valence electrons. The summed E-state index contributed by atoms with van der Waals surface area (Å²) < 4.78 is 0. The predicted octanol–water partition coefficient (Wildman–Crippen LogP) is 2.55. The molecule has 0 fully saturated rings. The van der Waals surface area contributed by atoms with E-state index < -0.39 is 0 Å². The molecule has 19 heavy (non-hydrogen) atoms. The number of aromatic nitrogens is 1. The number of carbonyl (C=O) groups is 1. The van der Waals surface area contributed by atoms with Crippen molar-refractivity contribution in [1.82, 2.24) is 4.98 Å². The van der Waals surface area contributed by atoms with Gasteiger partial charge in [0.2, 0.25) is 5.91 Å². The third-order valence-corrected chi connectivity index (χ3v) is 3.24. The number of benzene rings is 1. The molecule has 1 atom stereocenters. The van der Waals surface area contributed by atoms with Crippen molar-refractivity contribution in [3.05, 3.63) is 36.7 Å². The summed E-state index contributed by atoms with van der Waals surface area (Å²) in [5.41, 5.74) is 6.69. The lowest BCUT2D eigenvalue weighted by molar-refractivity contribution is -0.116. The second-order valence-electron chi connectivity index (χ2n) is 5.06. The molecule has 4 heteroatoms. The molecule has 0 aliphatic carbocycles. The first-order chi connectivity index (χ1) is 9.08. The van der Waals surface area contributed by atoms with Crippen LogP contribution in [-0.4, -0.2) is 16.9 Å². The molecule has 0 spiro atoms. The molecular weight excluding hydrogens is 238 g/mol. The second-order valence-corrected chi connectivity index (χ2v) is 5.06. The Morgan fingerprint density at radius 2 is 2.16 bits per heavy atom. The Hall–Kier alpha value is -1.94. The molecule has 0 saturated heterocycles. The highest BCUT2D eigenvalue weighted by Crippen LogP contribution is 2.22. The molecule has 1 aromatic heterocycles. The minimum atomic E-state index is -0.117. The van der Waals surface area contributed by atoms with Crippen molar-refractivity contribution >= 4 is 22.4 Å². The van der Waals surface area contributed by atoms with Crippen LogP contribution < -0.4 is 11.1 Å². The van der Waals surface area contributed by atoms with Crippen molar-refractivity contribution < 1.29 is 4.79 Å². The summed E-state index contributed by atoms with van der Waals surface area (Å²) in [7, 11) is 0. The number of nitrogens with two attached hydrogens (primary N) is 1. The van der Waals surface area contributed by atoms with E-state index in [0.29, 0.717) is 12.3 Å².